The molecule has 11 aliphatic carbocycles. The van der Waals surface area contributed by atoms with E-state index in [0.717, 1.165) is 132 Å². The van der Waals surface area contributed by atoms with E-state index in [1.165, 1.54) is 103 Å². The lowest BCUT2D eigenvalue weighted by atomic mass is 9.45. The standard InChI is InChI=1S/C19H28O3.C16H24O3.C16H26O3.C16H26O2.C10H20.C9H16O2.2C9H18O/c1-14(2)19(21)12-8-11-16(13-19)22-17(20)18(3,4)15-9-6-5-7-10-15;1-14(2)7-6-12(17)16(4)10(14)5-8-15(3)11(16)9-13(18)19-15;1-14(2)8-10(17)9-15(3)11(14)5-6-16(4)12(15)7-13(18)19-16;1-14(2)7-5-8-15(3)11(14)6-9-16(4)12(15)10-13(17)18-16;1-3-9-7-5-6-8-10(9)4-2;1-7(2)9(11)5-3-4-8(10)6-9;2*1-8(2)9(10)6-4-3-5-7-9/h5-7,9-10,14,16,21H,8,11-13H2,1-4H3;10-11H,5-9H2,1-4H3;10-12,17H,5-9H2,1-4H3;11-12H,5-10H2,1-4H3;9-10H,3-8H2,1-2H3;7,11H,3-6H2,1-2H3;2*8,10H,3-7H2,1-2H3/t16?,19-;;;;;9-;;/m1....1../s1. The Labute approximate surface area is 724 Å². The maximum atomic E-state index is 12.7. The molecule has 14 fully saturated rings. The van der Waals surface area contributed by atoms with E-state index in [9.17, 15) is 54.3 Å². The predicted octanol–water partition coefficient (Wildman–Crippen LogP) is 23.6. The van der Waals surface area contributed by atoms with Crippen molar-refractivity contribution in [2.45, 2.75) is 480 Å². The van der Waals surface area contributed by atoms with Gasteiger partial charge in [0.15, 0.2) is 0 Å². The zero-order valence-electron chi connectivity index (χ0n) is 80.1. The van der Waals surface area contributed by atoms with E-state index in [1.54, 1.807) is 0 Å². The minimum absolute atomic E-state index is 0.0281. The van der Waals surface area contributed by atoms with Gasteiger partial charge in [0, 0.05) is 48.9 Å². The molecule has 15 nitrogen and oxygen atoms in total. The molecule has 1 aromatic carbocycles. The molecule has 14 aliphatic rings. The molecule has 15 rings (SSSR count). The summed E-state index contributed by atoms with van der Waals surface area (Å²) in [5, 5.41) is 50.7. The zero-order chi connectivity index (χ0) is 88.8. The Hall–Kier alpha value is -3.76. The van der Waals surface area contributed by atoms with Crippen LogP contribution in [0.3, 0.4) is 0 Å². The van der Waals surface area contributed by atoms with Crippen LogP contribution in [0, 0.1) is 104 Å². The highest BCUT2D eigenvalue weighted by Crippen LogP contribution is 2.68. The molecule has 0 spiro atoms. The van der Waals surface area contributed by atoms with Crippen molar-refractivity contribution in [3.05, 3.63) is 35.9 Å². The first kappa shape index (κ1) is 101. The van der Waals surface area contributed by atoms with Crippen molar-refractivity contribution in [2.75, 3.05) is 0 Å². The molecule has 119 heavy (non-hydrogen) atoms. The van der Waals surface area contributed by atoms with Gasteiger partial charge in [-0.15, -0.1) is 0 Å². The van der Waals surface area contributed by atoms with Gasteiger partial charge in [0.05, 0.1) is 53.2 Å². The van der Waals surface area contributed by atoms with E-state index in [2.05, 4.69) is 118 Å². The molecule has 3 aliphatic heterocycles. The first-order chi connectivity index (χ1) is 55.1. The zero-order valence-corrected chi connectivity index (χ0v) is 80.1. The molecule has 5 N–H and O–H groups in total. The summed E-state index contributed by atoms with van der Waals surface area (Å²) in [7, 11) is 0. The van der Waals surface area contributed by atoms with E-state index in [1.807, 2.05) is 78.8 Å². The summed E-state index contributed by atoms with van der Waals surface area (Å²) >= 11 is 0. The Balaban J connectivity index is 0.000000173. The quantitative estimate of drug-likeness (QED) is 0.114. The van der Waals surface area contributed by atoms with Crippen molar-refractivity contribution in [3.8, 4) is 0 Å². The fourth-order valence-electron chi connectivity index (χ4n) is 27.3. The molecular weight excluding hydrogens is 1490 g/mol. The number of aliphatic hydroxyl groups is 5. The number of ether oxygens (including phenoxy) is 4. The maximum absolute atomic E-state index is 12.7. The van der Waals surface area contributed by atoms with Crippen LogP contribution in [0.5, 0.6) is 0 Å². The highest BCUT2D eigenvalue weighted by Gasteiger charge is 2.68. The summed E-state index contributed by atoms with van der Waals surface area (Å²) in [6.45, 7) is 52.0. The molecule has 0 amide bonds. The topological polar surface area (TPSA) is 240 Å². The summed E-state index contributed by atoms with van der Waals surface area (Å²) in [6.07, 6.45) is 40.9. The first-order valence-electron chi connectivity index (χ1n) is 48.7. The van der Waals surface area contributed by atoms with Gasteiger partial charge in [0.1, 0.15) is 34.5 Å². The highest BCUT2D eigenvalue weighted by atomic mass is 16.6. The number of benzene rings is 1. The van der Waals surface area contributed by atoms with E-state index in [0.29, 0.717) is 91.1 Å². The minimum Gasteiger partial charge on any atom is -0.462 e. The van der Waals surface area contributed by atoms with Crippen LogP contribution in [0.4, 0.5) is 0 Å². The summed E-state index contributed by atoms with van der Waals surface area (Å²) < 4.78 is 22.7. The Kier molecular flexibility index (Phi) is 33.5. The van der Waals surface area contributed by atoms with Gasteiger partial charge in [-0.05, 0) is 249 Å². The van der Waals surface area contributed by atoms with Crippen LogP contribution < -0.4 is 0 Å². The van der Waals surface area contributed by atoms with Gasteiger partial charge in [-0.3, -0.25) is 28.8 Å². The number of ketones is 2. The van der Waals surface area contributed by atoms with Gasteiger partial charge in [-0.1, -0.05) is 245 Å². The molecular formula is C104H176O15. The number of Topliss-reactive ketones (excluding diaryl/α,β-unsaturated/α-hetero) is 2. The summed E-state index contributed by atoms with van der Waals surface area (Å²) in [5.74, 6) is 6.10. The van der Waals surface area contributed by atoms with Crippen LogP contribution in [0.15, 0.2) is 30.3 Å². The lowest BCUT2D eigenvalue weighted by Gasteiger charge is -2.60. The molecule has 11 saturated carbocycles. The van der Waals surface area contributed by atoms with Crippen LogP contribution in [-0.2, 0) is 53.1 Å². The number of rotatable bonds is 9. The van der Waals surface area contributed by atoms with Gasteiger partial charge in [-0.25, -0.2) is 0 Å². The third kappa shape index (κ3) is 23.0. The second kappa shape index (κ2) is 39.6. The number of fused-ring (bicyclic) bond motifs is 9. The van der Waals surface area contributed by atoms with Crippen molar-refractivity contribution in [2.24, 2.45) is 104 Å². The third-order valence-electron chi connectivity index (χ3n) is 35.6. The van der Waals surface area contributed by atoms with Crippen LogP contribution in [0.2, 0.25) is 0 Å². The average molecular weight is 1670 g/mol. The molecule has 0 bridgehead atoms. The fourth-order valence-corrected chi connectivity index (χ4v) is 27.3. The molecule has 16 unspecified atom stereocenters. The van der Waals surface area contributed by atoms with Crippen molar-refractivity contribution in [1.82, 2.24) is 0 Å². The number of esters is 4. The molecule has 3 heterocycles. The van der Waals surface area contributed by atoms with Crippen molar-refractivity contribution < 1.29 is 73.2 Å². The second-order valence-electron chi connectivity index (χ2n) is 46.5. The molecule has 1 aromatic rings. The minimum atomic E-state index is -0.708. The molecule has 0 radical (unpaired) electrons. The lowest BCUT2D eigenvalue weighted by molar-refractivity contribution is -0.176. The van der Waals surface area contributed by atoms with Gasteiger partial charge in [-0.2, -0.15) is 0 Å². The Morgan fingerprint density at radius 1 is 0.420 bits per heavy atom. The van der Waals surface area contributed by atoms with Gasteiger partial charge < -0.3 is 44.5 Å². The number of hydrogen-bond donors (Lipinski definition) is 5. The SMILES string of the molecule is CC(C)C1(O)CCCCC1.CC(C)C1(O)CCCCC1.CC(C)[C@@]1(O)CCCC(=O)C1.CC(C)[C@@]1(O)CCCC(OC(=O)C(C)(C)c2ccccc2)C1.CC1(C)CC(O)CC2(C)C1CCC1(C)OC(=O)CC12.CC1(C)CCC(=O)C2(C)C1CCC1(C)OC(=O)CC12.CC1(C)CCCC2(C)C1CCC1(C)OC(=O)CC12.CCC1CCCCC1CC. The summed E-state index contributed by atoms with van der Waals surface area (Å²) in [6, 6.07) is 9.71. The molecule has 18 atom stereocenters. The Bertz CT molecular complexity index is 3440. The van der Waals surface area contributed by atoms with E-state index in [-0.39, 0.29) is 110 Å². The normalized spacial score (nSPS) is 38.6. The molecule has 15 heteroatoms. The van der Waals surface area contributed by atoms with Crippen molar-refractivity contribution in [1.29, 1.82) is 0 Å². The lowest BCUT2D eigenvalue weighted by Crippen LogP contribution is -2.59. The largest absolute Gasteiger partial charge is 0.462 e. The van der Waals surface area contributed by atoms with Gasteiger partial charge in [0.2, 0.25) is 0 Å². The monoisotopic (exact) mass is 1670 g/mol. The first-order valence-corrected chi connectivity index (χ1v) is 48.7. The fraction of sp³-hybridized carbons (Fsp3) is 0.885. The summed E-state index contributed by atoms with van der Waals surface area (Å²) in [5.41, 5.74) is -1.91. The molecule has 3 saturated heterocycles. The second-order valence-corrected chi connectivity index (χ2v) is 46.5. The van der Waals surface area contributed by atoms with Crippen LogP contribution in [0.25, 0.3) is 0 Å². The van der Waals surface area contributed by atoms with E-state index >= 15 is 0 Å². The van der Waals surface area contributed by atoms with Crippen LogP contribution in [-0.4, -0.2) is 112 Å². The number of aliphatic hydroxyl groups excluding tert-OH is 1. The van der Waals surface area contributed by atoms with E-state index in [4.69, 9.17) is 18.9 Å². The van der Waals surface area contributed by atoms with Gasteiger partial charge in [0.25, 0.3) is 0 Å². The Morgan fingerprint density at radius 2 is 0.840 bits per heavy atom. The smallest absolute Gasteiger partial charge is 0.316 e. The van der Waals surface area contributed by atoms with E-state index < -0.39 is 22.2 Å². The van der Waals surface area contributed by atoms with Crippen LogP contribution in [0.1, 0.15) is 429 Å². The number of hydrogen-bond acceptors (Lipinski definition) is 15. The number of carbonyl (C=O) groups is 6. The average Bonchev–Trinajstić information content (AvgIpc) is 1.67. The molecule has 0 aromatic heterocycles. The van der Waals surface area contributed by atoms with Gasteiger partial charge >= 0.3 is 23.9 Å². The predicted molar refractivity (Wildman–Crippen MR) is 478 cm³/mol. The number of carbonyl (C=O) groups excluding carboxylic acids is 6. The van der Waals surface area contributed by atoms with Crippen LogP contribution >= 0.6 is 0 Å². The maximum Gasteiger partial charge on any atom is 0.316 e. The summed E-state index contributed by atoms with van der Waals surface area (Å²) in [4.78, 5) is 71.6. The van der Waals surface area contributed by atoms with Crippen molar-refractivity contribution >= 4 is 35.4 Å². The third-order valence-corrected chi connectivity index (χ3v) is 35.6. The Morgan fingerprint density at radius 3 is 1.29 bits per heavy atom. The molecule has 682 valence electrons. The highest BCUT2D eigenvalue weighted by molar-refractivity contribution is 5.88. The van der Waals surface area contributed by atoms with Crippen molar-refractivity contribution in [3.63, 3.8) is 0 Å².